The van der Waals surface area contributed by atoms with Gasteiger partial charge in [0.05, 0.1) is 13.2 Å². The van der Waals surface area contributed by atoms with Gasteiger partial charge < -0.3 is 14.8 Å². The molecule has 0 bridgehead atoms. The number of rotatable bonds is 9. The summed E-state index contributed by atoms with van der Waals surface area (Å²) in [6.07, 6.45) is 3.38. The van der Waals surface area contributed by atoms with E-state index in [-0.39, 0.29) is 0 Å². The van der Waals surface area contributed by atoms with Crippen molar-refractivity contribution in [1.82, 2.24) is 5.32 Å². The molecular weight excluding hydrogens is 236 g/mol. The van der Waals surface area contributed by atoms with Crippen molar-refractivity contribution < 1.29 is 9.47 Å². The SMILES string of the molecule is CCCCOCCN=C1NC(CCOC)CS1. The molecule has 1 unspecified atom stereocenters. The van der Waals surface area contributed by atoms with Gasteiger partial charge in [0.2, 0.25) is 0 Å². The van der Waals surface area contributed by atoms with E-state index in [0.29, 0.717) is 6.04 Å². The molecule has 1 saturated heterocycles. The van der Waals surface area contributed by atoms with Crippen LogP contribution in [0.15, 0.2) is 4.99 Å². The molecule has 0 aliphatic carbocycles. The number of ether oxygens (including phenoxy) is 2. The summed E-state index contributed by atoms with van der Waals surface area (Å²) in [4.78, 5) is 4.48. The van der Waals surface area contributed by atoms with Gasteiger partial charge in [0.1, 0.15) is 0 Å². The van der Waals surface area contributed by atoms with Crippen molar-refractivity contribution in [3.05, 3.63) is 0 Å². The van der Waals surface area contributed by atoms with Crippen molar-refractivity contribution in [1.29, 1.82) is 0 Å². The van der Waals surface area contributed by atoms with Gasteiger partial charge in [0.15, 0.2) is 5.17 Å². The first-order valence-electron chi connectivity index (χ1n) is 6.37. The van der Waals surface area contributed by atoms with Crippen LogP contribution in [0.25, 0.3) is 0 Å². The maximum absolute atomic E-state index is 5.46. The average Bonchev–Trinajstić information content (AvgIpc) is 2.79. The van der Waals surface area contributed by atoms with Gasteiger partial charge in [-0.05, 0) is 12.8 Å². The lowest BCUT2D eigenvalue weighted by Gasteiger charge is -2.08. The fraction of sp³-hybridized carbons (Fsp3) is 0.917. The van der Waals surface area contributed by atoms with E-state index in [9.17, 15) is 0 Å². The molecule has 0 saturated carbocycles. The number of aliphatic imine (C=N–C) groups is 1. The van der Waals surface area contributed by atoms with Crippen LogP contribution in [0.3, 0.4) is 0 Å². The normalized spacial score (nSPS) is 22.0. The van der Waals surface area contributed by atoms with E-state index in [4.69, 9.17) is 9.47 Å². The lowest BCUT2D eigenvalue weighted by molar-refractivity contribution is 0.139. The molecule has 0 aromatic rings. The zero-order chi connectivity index (χ0) is 12.3. The predicted molar refractivity (Wildman–Crippen MR) is 73.9 cm³/mol. The molecule has 1 aliphatic heterocycles. The van der Waals surface area contributed by atoms with E-state index in [1.165, 1.54) is 6.42 Å². The number of hydrogen-bond donors (Lipinski definition) is 1. The standard InChI is InChI=1S/C12H24N2O2S/c1-3-4-7-16-9-6-13-12-14-11(10-17-12)5-8-15-2/h11H,3-10H2,1-2H3,(H,13,14). The highest BCUT2D eigenvalue weighted by Gasteiger charge is 2.19. The van der Waals surface area contributed by atoms with E-state index in [2.05, 4.69) is 17.2 Å². The Kier molecular flexibility index (Phi) is 8.48. The van der Waals surface area contributed by atoms with E-state index in [0.717, 1.165) is 50.1 Å². The average molecular weight is 260 g/mol. The second kappa shape index (κ2) is 9.74. The molecule has 1 atom stereocenters. The number of nitrogens with zero attached hydrogens (tertiary/aromatic N) is 1. The van der Waals surface area contributed by atoms with Gasteiger partial charge >= 0.3 is 0 Å². The molecule has 0 amide bonds. The number of nitrogens with one attached hydrogen (secondary N) is 1. The first kappa shape index (κ1) is 14.8. The molecule has 0 spiro atoms. The lowest BCUT2D eigenvalue weighted by Crippen LogP contribution is -2.28. The molecule has 1 N–H and O–H groups in total. The highest BCUT2D eigenvalue weighted by Crippen LogP contribution is 2.15. The quantitative estimate of drug-likeness (QED) is 0.643. The minimum absolute atomic E-state index is 0.514. The van der Waals surface area contributed by atoms with Crippen LogP contribution in [0.5, 0.6) is 0 Å². The summed E-state index contributed by atoms with van der Waals surface area (Å²) in [5.41, 5.74) is 0. The third-order valence-electron chi connectivity index (χ3n) is 2.55. The number of hydrogen-bond acceptors (Lipinski definition) is 4. The number of unbranched alkanes of at least 4 members (excludes halogenated alkanes) is 1. The zero-order valence-corrected chi connectivity index (χ0v) is 11.7. The van der Waals surface area contributed by atoms with Crippen molar-refractivity contribution in [3.63, 3.8) is 0 Å². The van der Waals surface area contributed by atoms with Crippen LogP contribution in [0.1, 0.15) is 26.2 Å². The first-order chi connectivity index (χ1) is 8.36. The van der Waals surface area contributed by atoms with Crippen molar-refractivity contribution in [2.75, 3.05) is 39.2 Å². The number of methoxy groups -OCH3 is 1. The Balaban J connectivity index is 2.03. The summed E-state index contributed by atoms with van der Waals surface area (Å²) in [6, 6.07) is 0.514. The summed E-state index contributed by atoms with van der Waals surface area (Å²) in [5.74, 6) is 1.10. The zero-order valence-electron chi connectivity index (χ0n) is 10.9. The monoisotopic (exact) mass is 260 g/mol. The fourth-order valence-corrected chi connectivity index (χ4v) is 2.55. The van der Waals surface area contributed by atoms with Gasteiger partial charge in [-0.15, -0.1) is 0 Å². The van der Waals surface area contributed by atoms with Crippen molar-refractivity contribution in [3.8, 4) is 0 Å². The molecule has 5 heteroatoms. The van der Waals surface area contributed by atoms with E-state index in [1.807, 2.05) is 0 Å². The molecule has 0 aromatic carbocycles. The minimum Gasteiger partial charge on any atom is -0.385 e. The van der Waals surface area contributed by atoms with Gasteiger partial charge in [-0.25, -0.2) is 0 Å². The summed E-state index contributed by atoms with van der Waals surface area (Å²) in [6.45, 7) is 5.33. The molecular formula is C12H24N2O2S. The number of thioether (sulfide) groups is 1. The van der Waals surface area contributed by atoms with E-state index < -0.39 is 0 Å². The van der Waals surface area contributed by atoms with Crippen molar-refractivity contribution in [2.24, 2.45) is 4.99 Å². The summed E-state index contributed by atoms with van der Waals surface area (Å²) in [5, 5.41) is 4.47. The molecule has 1 fully saturated rings. The molecule has 17 heavy (non-hydrogen) atoms. The Morgan fingerprint density at radius 3 is 3.06 bits per heavy atom. The van der Waals surface area contributed by atoms with Crippen LogP contribution < -0.4 is 5.32 Å². The molecule has 1 aliphatic rings. The molecule has 4 nitrogen and oxygen atoms in total. The van der Waals surface area contributed by atoms with Gasteiger partial charge in [-0.1, -0.05) is 25.1 Å². The van der Waals surface area contributed by atoms with Crippen LogP contribution in [0, 0.1) is 0 Å². The maximum Gasteiger partial charge on any atom is 0.156 e. The van der Waals surface area contributed by atoms with Crippen LogP contribution >= 0.6 is 11.8 Å². The Bertz CT molecular complexity index is 225. The Hall–Kier alpha value is -0.260. The lowest BCUT2D eigenvalue weighted by atomic mass is 10.2. The predicted octanol–water partition coefficient (Wildman–Crippen LogP) is 1.90. The Morgan fingerprint density at radius 1 is 1.41 bits per heavy atom. The minimum atomic E-state index is 0.514. The van der Waals surface area contributed by atoms with Gasteiger partial charge in [0, 0.05) is 32.1 Å². The third kappa shape index (κ3) is 6.91. The second-order valence-corrected chi connectivity index (χ2v) is 5.10. The van der Waals surface area contributed by atoms with Gasteiger partial charge in [-0.3, -0.25) is 4.99 Å². The number of amidine groups is 1. The van der Waals surface area contributed by atoms with Crippen LogP contribution in [-0.4, -0.2) is 50.4 Å². The second-order valence-electron chi connectivity index (χ2n) is 4.09. The van der Waals surface area contributed by atoms with Crippen LogP contribution in [-0.2, 0) is 9.47 Å². The van der Waals surface area contributed by atoms with Gasteiger partial charge in [-0.2, -0.15) is 0 Å². The third-order valence-corrected chi connectivity index (χ3v) is 3.64. The van der Waals surface area contributed by atoms with Crippen LogP contribution in [0.4, 0.5) is 0 Å². The molecule has 0 radical (unpaired) electrons. The fourth-order valence-electron chi connectivity index (χ4n) is 1.50. The Labute approximate surface area is 109 Å². The topological polar surface area (TPSA) is 42.8 Å². The molecule has 1 rings (SSSR count). The highest BCUT2D eigenvalue weighted by atomic mass is 32.2. The van der Waals surface area contributed by atoms with Crippen LogP contribution in [0.2, 0.25) is 0 Å². The van der Waals surface area contributed by atoms with Crippen molar-refractivity contribution >= 4 is 16.9 Å². The summed E-state index contributed by atoms with van der Waals surface area (Å²) in [7, 11) is 1.74. The first-order valence-corrected chi connectivity index (χ1v) is 7.35. The smallest absolute Gasteiger partial charge is 0.156 e. The molecule has 1 heterocycles. The van der Waals surface area contributed by atoms with E-state index in [1.54, 1.807) is 18.9 Å². The Morgan fingerprint density at radius 2 is 2.29 bits per heavy atom. The van der Waals surface area contributed by atoms with Gasteiger partial charge in [0.25, 0.3) is 0 Å². The maximum atomic E-state index is 5.46. The molecule has 100 valence electrons. The highest BCUT2D eigenvalue weighted by molar-refractivity contribution is 8.14. The largest absolute Gasteiger partial charge is 0.385 e. The van der Waals surface area contributed by atoms with Crippen molar-refractivity contribution in [2.45, 2.75) is 32.2 Å². The summed E-state index contributed by atoms with van der Waals surface area (Å²) >= 11 is 1.80. The van der Waals surface area contributed by atoms with E-state index >= 15 is 0 Å². The summed E-state index contributed by atoms with van der Waals surface area (Å²) < 4.78 is 10.5. The molecule has 0 aromatic heterocycles.